The SMILES string of the molecule is NCC1CCN(c2cccc(C(=O)O)c2[N+](=O)[O-])C1. The monoisotopic (exact) mass is 265 g/mol. The van der Waals surface area contributed by atoms with Crippen LogP contribution < -0.4 is 10.6 Å². The molecule has 2 rings (SSSR count). The number of carboxylic acid groups (broad SMARTS) is 1. The van der Waals surface area contributed by atoms with E-state index < -0.39 is 10.9 Å². The largest absolute Gasteiger partial charge is 0.477 e. The average molecular weight is 265 g/mol. The van der Waals surface area contributed by atoms with E-state index in [1.165, 1.54) is 12.1 Å². The van der Waals surface area contributed by atoms with E-state index in [9.17, 15) is 14.9 Å². The first kappa shape index (κ1) is 13.3. The van der Waals surface area contributed by atoms with Crippen LogP contribution in [-0.2, 0) is 0 Å². The maximum Gasteiger partial charge on any atom is 0.342 e. The van der Waals surface area contributed by atoms with Crippen LogP contribution in [0.25, 0.3) is 0 Å². The Bertz CT molecular complexity index is 518. The van der Waals surface area contributed by atoms with Crippen molar-refractivity contribution in [1.82, 2.24) is 0 Å². The number of benzene rings is 1. The maximum atomic E-state index is 11.1. The molecule has 1 aromatic rings. The molecular weight excluding hydrogens is 250 g/mol. The molecule has 0 aliphatic carbocycles. The van der Waals surface area contributed by atoms with Gasteiger partial charge in [-0.2, -0.15) is 0 Å². The molecule has 1 unspecified atom stereocenters. The van der Waals surface area contributed by atoms with E-state index in [1.54, 1.807) is 6.07 Å². The maximum absolute atomic E-state index is 11.1. The molecule has 1 saturated heterocycles. The van der Waals surface area contributed by atoms with E-state index in [4.69, 9.17) is 10.8 Å². The molecule has 0 spiro atoms. The Labute approximate surface area is 109 Å². The van der Waals surface area contributed by atoms with Gasteiger partial charge in [0.1, 0.15) is 11.3 Å². The van der Waals surface area contributed by atoms with Crippen LogP contribution in [0.2, 0.25) is 0 Å². The van der Waals surface area contributed by atoms with E-state index in [0.29, 0.717) is 31.2 Å². The summed E-state index contributed by atoms with van der Waals surface area (Å²) in [6.07, 6.45) is 0.866. The highest BCUT2D eigenvalue weighted by Crippen LogP contribution is 2.34. The highest BCUT2D eigenvalue weighted by molar-refractivity contribution is 5.95. The number of nitro groups is 1. The van der Waals surface area contributed by atoms with Crippen LogP contribution in [0.4, 0.5) is 11.4 Å². The summed E-state index contributed by atoms with van der Waals surface area (Å²) in [5.41, 5.74) is 5.34. The Morgan fingerprint density at radius 2 is 2.32 bits per heavy atom. The second-order valence-electron chi connectivity index (χ2n) is 4.57. The summed E-state index contributed by atoms with van der Waals surface area (Å²) in [4.78, 5) is 23.4. The lowest BCUT2D eigenvalue weighted by atomic mass is 10.1. The first-order valence-electron chi connectivity index (χ1n) is 6.00. The summed E-state index contributed by atoms with van der Waals surface area (Å²) in [7, 11) is 0. The number of carbonyl (C=O) groups is 1. The van der Waals surface area contributed by atoms with Crippen LogP contribution in [-0.4, -0.2) is 35.6 Å². The minimum absolute atomic E-state index is 0.279. The second kappa shape index (κ2) is 5.23. The van der Waals surface area contributed by atoms with Gasteiger partial charge in [-0.3, -0.25) is 10.1 Å². The summed E-state index contributed by atoms with van der Waals surface area (Å²) in [5.74, 6) is -0.990. The molecule has 0 saturated carbocycles. The molecule has 19 heavy (non-hydrogen) atoms. The molecule has 1 aromatic carbocycles. The molecule has 102 valence electrons. The number of carboxylic acids is 1. The summed E-state index contributed by atoms with van der Waals surface area (Å²) in [5, 5.41) is 20.2. The molecule has 1 fully saturated rings. The predicted octanol–water partition coefficient (Wildman–Crippen LogP) is 1.08. The fraction of sp³-hybridized carbons (Fsp3) is 0.417. The molecule has 0 radical (unpaired) electrons. The fourth-order valence-corrected chi connectivity index (χ4v) is 2.39. The van der Waals surface area contributed by atoms with Crippen molar-refractivity contribution in [1.29, 1.82) is 0 Å². The van der Waals surface area contributed by atoms with E-state index >= 15 is 0 Å². The van der Waals surface area contributed by atoms with Crippen LogP contribution in [0.15, 0.2) is 18.2 Å². The van der Waals surface area contributed by atoms with Gasteiger partial charge in [0, 0.05) is 13.1 Å². The van der Waals surface area contributed by atoms with Crippen molar-refractivity contribution in [3.8, 4) is 0 Å². The lowest BCUT2D eigenvalue weighted by Gasteiger charge is -2.18. The van der Waals surface area contributed by atoms with Gasteiger partial charge in [-0.1, -0.05) is 6.07 Å². The Balaban J connectivity index is 2.43. The number of aromatic carboxylic acids is 1. The summed E-state index contributed by atoms with van der Waals surface area (Å²) in [6, 6.07) is 4.37. The normalized spacial score (nSPS) is 18.6. The molecule has 3 N–H and O–H groups in total. The highest BCUT2D eigenvalue weighted by atomic mass is 16.6. The first-order chi connectivity index (χ1) is 9.04. The number of rotatable bonds is 4. The lowest BCUT2D eigenvalue weighted by molar-refractivity contribution is -0.384. The summed E-state index contributed by atoms with van der Waals surface area (Å²) in [6.45, 7) is 1.81. The lowest BCUT2D eigenvalue weighted by Crippen LogP contribution is -2.24. The van der Waals surface area contributed by atoms with Gasteiger partial charge in [0.25, 0.3) is 0 Å². The van der Waals surface area contributed by atoms with E-state index in [1.807, 2.05) is 4.90 Å². The van der Waals surface area contributed by atoms with Crippen LogP contribution in [0, 0.1) is 16.0 Å². The number of hydrogen-bond donors (Lipinski definition) is 2. The van der Waals surface area contributed by atoms with Crippen LogP contribution in [0.3, 0.4) is 0 Å². The van der Waals surface area contributed by atoms with Gasteiger partial charge in [0.05, 0.1) is 4.92 Å². The Morgan fingerprint density at radius 3 is 2.84 bits per heavy atom. The van der Waals surface area contributed by atoms with Crippen molar-refractivity contribution in [3.63, 3.8) is 0 Å². The van der Waals surface area contributed by atoms with Gasteiger partial charge in [-0.05, 0) is 31.0 Å². The average Bonchev–Trinajstić information content (AvgIpc) is 2.86. The molecule has 1 atom stereocenters. The standard InChI is InChI=1S/C12H15N3O4/c13-6-8-4-5-14(7-8)10-3-1-2-9(12(16)17)11(10)15(18)19/h1-3,8H,4-7,13H2,(H,16,17). The quantitative estimate of drug-likeness (QED) is 0.622. The molecule has 0 bridgehead atoms. The third-order valence-corrected chi connectivity index (χ3v) is 3.39. The van der Waals surface area contributed by atoms with Crippen molar-refractivity contribution in [2.75, 3.05) is 24.5 Å². The van der Waals surface area contributed by atoms with E-state index in [2.05, 4.69) is 0 Å². The zero-order valence-electron chi connectivity index (χ0n) is 10.3. The number of para-hydroxylation sites is 1. The van der Waals surface area contributed by atoms with Gasteiger partial charge in [-0.25, -0.2) is 4.79 Å². The zero-order chi connectivity index (χ0) is 14.0. The van der Waals surface area contributed by atoms with Crippen molar-refractivity contribution in [2.45, 2.75) is 6.42 Å². The fourth-order valence-electron chi connectivity index (χ4n) is 2.39. The van der Waals surface area contributed by atoms with Crippen molar-refractivity contribution < 1.29 is 14.8 Å². The number of nitrogens with two attached hydrogens (primary N) is 1. The van der Waals surface area contributed by atoms with Gasteiger partial charge in [0.15, 0.2) is 0 Å². The third kappa shape index (κ3) is 2.50. The zero-order valence-corrected chi connectivity index (χ0v) is 10.3. The van der Waals surface area contributed by atoms with Crippen LogP contribution in [0.5, 0.6) is 0 Å². The van der Waals surface area contributed by atoms with Crippen LogP contribution >= 0.6 is 0 Å². The van der Waals surface area contributed by atoms with Gasteiger partial charge in [0.2, 0.25) is 0 Å². The topological polar surface area (TPSA) is 110 Å². The smallest absolute Gasteiger partial charge is 0.342 e. The Hall–Kier alpha value is -2.15. The minimum atomic E-state index is -1.29. The van der Waals surface area contributed by atoms with Gasteiger partial charge in [-0.15, -0.1) is 0 Å². The van der Waals surface area contributed by atoms with Crippen LogP contribution in [0.1, 0.15) is 16.8 Å². The van der Waals surface area contributed by atoms with E-state index in [0.717, 1.165) is 6.42 Å². The molecule has 0 amide bonds. The molecule has 7 nitrogen and oxygen atoms in total. The van der Waals surface area contributed by atoms with Crippen molar-refractivity contribution in [3.05, 3.63) is 33.9 Å². The Morgan fingerprint density at radius 1 is 1.58 bits per heavy atom. The number of hydrogen-bond acceptors (Lipinski definition) is 5. The number of anilines is 1. The molecule has 1 aliphatic rings. The molecule has 1 aliphatic heterocycles. The number of nitro benzene ring substituents is 1. The van der Waals surface area contributed by atoms with Gasteiger partial charge >= 0.3 is 11.7 Å². The van der Waals surface area contributed by atoms with Crippen molar-refractivity contribution in [2.24, 2.45) is 11.7 Å². The second-order valence-corrected chi connectivity index (χ2v) is 4.57. The summed E-state index contributed by atoms with van der Waals surface area (Å²) < 4.78 is 0. The first-order valence-corrected chi connectivity index (χ1v) is 6.00. The third-order valence-electron chi connectivity index (χ3n) is 3.39. The molecule has 0 aromatic heterocycles. The highest BCUT2D eigenvalue weighted by Gasteiger charge is 2.30. The van der Waals surface area contributed by atoms with Crippen molar-refractivity contribution >= 4 is 17.3 Å². The predicted molar refractivity (Wildman–Crippen MR) is 69.4 cm³/mol. The molecular formula is C12H15N3O4. The summed E-state index contributed by atoms with van der Waals surface area (Å²) >= 11 is 0. The van der Waals surface area contributed by atoms with Gasteiger partial charge < -0.3 is 15.7 Å². The Kier molecular flexibility index (Phi) is 3.66. The molecule has 1 heterocycles. The molecule has 7 heteroatoms. The minimum Gasteiger partial charge on any atom is -0.477 e. The number of nitrogens with zero attached hydrogens (tertiary/aromatic N) is 2. The van der Waals surface area contributed by atoms with E-state index in [-0.39, 0.29) is 11.3 Å².